The zero-order valence-corrected chi connectivity index (χ0v) is 16.9. The van der Waals surface area contributed by atoms with E-state index in [-0.39, 0.29) is 0 Å². The first-order valence-electron chi connectivity index (χ1n) is 9.27. The Morgan fingerprint density at radius 3 is 2.76 bits per heavy atom. The van der Waals surface area contributed by atoms with Crippen LogP contribution in [0.5, 0.6) is 17.2 Å². The van der Waals surface area contributed by atoms with E-state index in [0.29, 0.717) is 31.5 Å². The molecule has 0 aliphatic carbocycles. The van der Waals surface area contributed by atoms with Crippen molar-refractivity contribution >= 4 is 23.0 Å². The molecule has 3 N–H and O–H groups in total. The minimum Gasteiger partial charge on any atom is -0.497 e. The molecular formula is C21H22N4O3S. The van der Waals surface area contributed by atoms with Crippen molar-refractivity contribution in [3.8, 4) is 27.8 Å². The van der Waals surface area contributed by atoms with Crippen LogP contribution in [0.25, 0.3) is 10.6 Å². The number of nitrogens with two attached hydrogens (primary N) is 1. The van der Waals surface area contributed by atoms with Gasteiger partial charge in [0.05, 0.1) is 32.6 Å². The van der Waals surface area contributed by atoms with Crippen molar-refractivity contribution in [1.29, 1.82) is 0 Å². The first kappa shape index (κ1) is 19.1. The minimum atomic E-state index is 0.318. The van der Waals surface area contributed by atoms with Crippen LogP contribution in [0.4, 0.5) is 5.69 Å². The molecule has 29 heavy (non-hydrogen) atoms. The van der Waals surface area contributed by atoms with E-state index in [0.717, 1.165) is 39.9 Å². The van der Waals surface area contributed by atoms with Crippen LogP contribution in [-0.2, 0) is 6.54 Å². The number of thiazole rings is 1. The number of anilines is 1. The predicted octanol–water partition coefficient (Wildman–Crippen LogP) is 3.91. The van der Waals surface area contributed by atoms with Crippen molar-refractivity contribution in [3.05, 3.63) is 53.5 Å². The molecule has 0 saturated heterocycles. The van der Waals surface area contributed by atoms with E-state index in [1.54, 1.807) is 18.4 Å². The lowest BCUT2D eigenvalue weighted by Crippen LogP contribution is -2.22. The normalized spacial score (nSPS) is 13.6. The van der Waals surface area contributed by atoms with E-state index in [2.05, 4.69) is 15.3 Å². The van der Waals surface area contributed by atoms with Gasteiger partial charge in [0, 0.05) is 29.1 Å². The number of guanidine groups is 1. The lowest BCUT2D eigenvalue weighted by atomic mass is 10.2. The molecule has 2 heterocycles. The van der Waals surface area contributed by atoms with Gasteiger partial charge < -0.3 is 25.3 Å². The van der Waals surface area contributed by atoms with Crippen LogP contribution < -0.4 is 25.3 Å². The summed E-state index contributed by atoms with van der Waals surface area (Å²) in [7, 11) is 1.65. The van der Waals surface area contributed by atoms with E-state index in [1.807, 2.05) is 47.8 Å². The van der Waals surface area contributed by atoms with Crippen LogP contribution in [0.1, 0.15) is 12.1 Å². The maximum Gasteiger partial charge on any atom is 0.193 e. The lowest BCUT2D eigenvalue weighted by Gasteiger charge is -2.10. The third-order valence-corrected chi connectivity index (χ3v) is 5.26. The molecule has 0 unspecified atom stereocenters. The maximum absolute atomic E-state index is 6.04. The van der Waals surface area contributed by atoms with Crippen LogP contribution in [0, 0.1) is 0 Å². The van der Waals surface area contributed by atoms with Crippen molar-refractivity contribution in [2.75, 3.05) is 25.6 Å². The molecule has 0 fully saturated rings. The number of rotatable bonds is 5. The largest absolute Gasteiger partial charge is 0.497 e. The smallest absolute Gasteiger partial charge is 0.193 e. The number of methoxy groups -OCH3 is 1. The van der Waals surface area contributed by atoms with Crippen molar-refractivity contribution in [3.63, 3.8) is 0 Å². The van der Waals surface area contributed by atoms with Gasteiger partial charge in [-0.2, -0.15) is 0 Å². The summed E-state index contributed by atoms with van der Waals surface area (Å²) in [5, 5.41) is 6.02. The minimum absolute atomic E-state index is 0.318. The van der Waals surface area contributed by atoms with Crippen molar-refractivity contribution in [2.24, 2.45) is 10.7 Å². The van der Waals surface area contributed by atoms with Gasteiger partial charge in [0.2, 0.25) is 0 Å². The highest BCUT2D eigenvalue weighted by atomic mass is 32.1. The van der Waals surface area contributed by atoms with Gasteiger partial charge in [0.1, 0.15) is 10.8 Å². The number of ether oxygens (including phenoxy) is 3. The summed E-state index contributed by atoms with van der Waals surface area (Å²) in [6, 6.07) is 13.5. The quantitative estimate of drug-likeness (QED) is 0.490. The summed E-state index contributed by atoms with van der Waals surface area (Å²) in [6.07, 6.45) is 0.868. The second kappa shape index (κ2) is 8.83. The zero-order valence-electron chi connectivity index (χ0n) is 16.1. The summed E-state index contributed by atoms with van der Waals surface area (Å²) in [5.74, 6) is 2.60. The highest BCUT2D eigenvalue weighted by Gasteiger charge is 2.11. The average molecular weight is 410 g/mol. The fraction of sp³-hybridized carbons (Fsp3) is 0.238. The molecule has 0 spiro atoms. The fourth-order valence-electron chi connectivity index (χ4n) is 2.84. The van der Waals surface area contributed by atoms with Crippen LogP contribution >= 0.6 is 11.3 Å². The van der Waals surface area contributed by atoms with Crippen molar-refractivity contribution in [1.82, 2.24) is 4.98 Å². The van der Waals surface area contributed by atoms with E-state index < -0.39 is 0 Å². The molecule has 2 aromatic carbocycles. The summed E-state index contributed by atoms with van der Waals surface area (Å²) in [5.41, 5.74) is 8.75. The highest BCUT2D eigenvalue weighted by molar-refractivity contribution is 7.13. The molecule has 7 nitrogen and oxygen atoms in total. The SMILES string of the molecule is COc1ccc(-c2nc(CN=C(N)Nc3ccc4c(c3)OCCCO4)cs2)cc1. The van der Waals surface area contributed by atoms with Gasteiger partial charge in [-0.25, -0.2) is 9.98 Å². The third-order valence-electron chi connectivity index (χ3n) is 4.32. The first-order valence-corrected chi connectivity index (χ1v) is 10.1. The molecule has 4 rings (SSSR count). The molecular weight excluding hydrogens is 388 g/mol. The number of nitrogens with zero attached hydrogens (tertiary/aromatic N) is 2. The number of fused-ring (bicyclic) bond motifs is 1. The molecule has 0 amide bonds. The molecule has 150 valence electrons. The second-order valence-electron chi connectivity index (χ2n) is 6.41. The Morgan fingerprint density at radius 2 is 1.97 bits per heavy atom. The Bertz CT molecular complexity index is 1000. The van der Waals surface area contributed by atoms with Crippen molar-refractivity contribution < 1.29 is 14.2 Å². The summed E-state index contributed by atoms with van der Waals surface area (Å²) in [6.45, 7) is 1.70. The fourth-order valence-corrected chi connectivity index (χ4v) is 3.66. The highest BCUT2D eigenvalue weighted by Crippen LogP contribution is 2.32. The maximum atomic E-state index is 6.04. The molecule has 0 radical (unpaired) electrons. The second-order valence-corrected chi connectivity index (χ2v) is 7.27. The average Bonchev–Trinajstić information content (AvgIpc) is 3.10. The number of aliphatic imine (C=N–C) groups is 1. The summed E-state index contributed by atoms with van der Waals surface area (Å²) < 4.78 is 16.5. The van der Waals surface area contributed by atoms with Crippen LogP contribution in [0.15, 0.2) is 52.8 Å². The van der Waals surface area contributed by atoms with Gasteiger partial charge in [0.15, 0.2) is 17.5 Å². The number of hydrogen-bond acceptors (Lipinski definition) is 6. The van der Waals surface area contributed by atoms with Gasteiger partial charge in [-0.1, -0.05) is 0 Å². The summed E-state index contributed by atoms with van der Waals surface area (Å²) in [4.78, 5) is 9.02. The number of benzene rings is 2. The Hall–Kier alpha value is -3.26. The molecule has 1 aromatic heterocycles. The van der Waals surface area contributed by atoms with Crippen LogP contribution in [0.3, 0.4) is 0 Å². The summed E-state index contributed by atoms with van der Waals surface area (Å²) >= 11 is 1.58. The molecule has 0 atom stereocenters. The predicted molar refractivity (Wildman–Crippen MR) is 115 cm³/mol. The van der Waals surface area contributed by atoms with Gasteiger partial charge in [-0.15, -0.1) is 11.3 Å². The van der Waals surface area contributed by atoms with E-state index in [4.69, 9.17) is 19.9 Å². The van der Waals surface area contributed by atoms with E-state index in [9.17, 15) is 0 Å². The lowest BCUT2D eigenvalue weighted by molar-refractivity contribution is 0.297. The number of aromatic nitrogens is 1. The van der Waals surface area contributed by atoms with Crippen LogP contribution in [-0.4, -0.2) is 31.3 Å². The number of hydrogen-bond donors (Lipinski definition) is 2. The molecule has 3 aromatic rings. The Morgan fingerprint density at radius 1 is 1.17 bits per heavy atom. The Labute approximate surface area is 173 Å². The Kier molecular flexibility index (Phi) is 5.81. The molecule has 0 saturated carbocycles. The zero-order chi connectivity index (χ0) is 20.1. The van der Waals surface area contributed by atoms with Gasteiger partial charge >= 0.3 is 0 Å². The molecule has 1 aliphatic heterocycles. The monoisotopic (exact) mass is 410 g/mol. The topological polar surface area (TPSA) is 91.0 Å². The van der Waals surface area contributed by atoms with Gasteiger partial charge in [0.25, 0.3) is 0 Å². The third kappa shape index (κ3) is 4.78. The van der Waals surface area contributed by atoms with Gasteiger partial charge in [-0.05, 0) is 36.4 Å². The van der Waals surface area contributed by atoms with E-state index in [1.165, 1.54) is 0 Å². The molecule has 0 bridgehead atoms. The molecule has 8 heteroatoms. The first-order chi connectivity index (χ1) is 14.2. The van der Waals surface area contributed by atoms with Gasteiger partial charge in [-0.3, -0.25) is 0 Å². The van der Waals surface area contributed by atoms with Crippen LogP contribution in [0.2, 0.25) is 0 Å². The number of nitrogens with one attached hydrogen (secondary N) is 1. The van der Waals surface area contributed by atoms with E-state index >= 15 is 0 Å². The molecule has 1 aliphatic rings. The van der Waals surface area contributed by atoms with Crippen molar-refractivity contribution in [2.45, 2.75) is 13.0 Å². The Balaban J connectivity index is 1.39. The standard InChI is InChI=1S/C21H22N4O3S/c1-26-17-6-3-14(4-7-17)20-24-16(13-29-20)12-23-21(22)25-15-5-8-18-19(11-15)28-10-2-9-27-18/h3-8,11,13H,2,9-10,12H2,1H3,(H3,22,23,25).